The first kappa shape index (κ1) is 26.6. The predicted octanol–water partition coefficient (Wildman–Crippen LogP) is 4.04. The van der Waals surface area contributed by atoms with Gasteiger partial charge in [-0.25, -0.2) is 0 Å². The zero-order valence-corrected chi connectivity index (χ0v) is 23.8. The van der Waals surface area contributed by atoms with Gasteiger partial charge in [-0.15, -0.1) is 0 Å². The second-order valence-corrected chi connectivity index (χ2v) is 11.5. The van der Waals surface area contributed by atoms with E-state index < -0.39 is 23.4 Å². The molecular weight excluding hydrogens is 556 g/mol. The number of anilines is 1. The smallest absolute Gasteiger partial charge is 0.250 e. The van der Waals surface area contributed by atoms with Crippen molar-refractivity contribution in [2.45, 2.75) is 24.4 Å². The maximum Gasteiger partial charge on any atom is 0.250 e. The summed E-state index contributed by atoms with van der Waals surface area (Å²) in [7, 11) is 3.13. The number of benzene rings is 3. The van der Waals surface area contributed by atoms with Gasteiger partial charge in [0.2, 0.25) is 17.7 Å². The van der Waals surface area contributed by atoms with Gasteiger partial charge in [-0.05, 0) is 60.4 Å². The van der Waals surface area contributed by atoms with E-state index in [0.717, 1.165) is 22.0 Å². The molecule has 0 radical (unpaired) electrons. The minimum absolute atomic E-state index is 0.181. The summed E-state index contributed by atoms with van der Waals surface area (Å²) < 4.78 is 10.8. The molecule has 1 spiro atoms. The Bertz CT molecular complexity index is 1770. The summed E-state index contributed by atoms with van der Waals surface area (Å²) in [6.45, 7) is 0.181. The molecule has 2 saturated heterocycles. The third-order valence-electron chi connectivity index (χ3n) is 8.96. The van der Waals surface area contributed by atoms with Gasteiger partial charge in [0.1, 0.15) is 5.54 Å². The quantitative estimate of drug-likeness (QED) is 0.283. The highest BCUT2D eigenvalue weighted by Gasteiger charge is 2.70. The van der Waals surface area contributed by atoms with Crippen molar-refractivity contribution in [1.82, 2.24) is 15.2 Å². The lowest BCUT2D eigenvalue weighted by atomic mass is 9.76. The summed E-state index contributed by atoms with van der Waals surface area (Å²) in [5.74, 6) is -1.45. The van der Waals surface area contributed by atoms with Gasteiger partial charge in [0, 0.05) is 46.0 Å². The summed E-state index contributed by atoms with van der Waals surface area (Å²) >= 11 is 6.40. The molecule has 3 N–H and O–H groups in total. The highest BCUT2D eigenvalue weighted by Crippen LogP contribution is 2.54. The highest BCUT2D eigenvalue weighted by atomic mass is 35.5. The van der Waals surface area contributed by atoms with Gasteiger partial charge in [-0.1, -0.05) is 35.9 Å². The summed E-state index contributed by atoms with van der Waals surface area (Å²) in [6, 6.07) is 18.2. The van der Waals surface area contributed by atoms with E-state index >= 15 is 0 Å². The average Bonchev–Trinajstić information content (AvgIpc) is 3.71. The van der Waals surface area contributed by atoms with E-state index in [0.29, 0.717) is 40.6 Å². The number of aromatic amines is 1. The van der Waals surface area contributed by atoms with E-state index in [9.17, 15) is 14.4 Å². The fourth-order valence-corrected chi connectivity index (χ4v) is 7.22. The molecule has 3 aliphatic heterocycles. The molecule has 3 amide bonds. The third-order valence-corrected chi connectivity index (χ3v) is 9.19. The maximum atomic E-state index is 14.2. The Kier molecular flexibility index (Phi) is 6.25. The van der Waals surface area contributed by atoms with Crippen LogP contribution in [0.4, 0.5) is 5.69 Å². The third kappa shape index (κ3) is 3.84. The standard InChI is InChI=1S/C32H29ClN4O5/c1-41-25-10-7-17(13-26(25)42-2)11-12-37-29(38)27-24(14-18-16-34-22-6-4-3-5-20(18)22)36-32(28(27)30(37)39)21-15-19(33)8-9-23(21)35-31(32)40/h3-10,13,15-16,24,27-28,34,36H,11-12,14H2,1-2H3,(H,35,40)/t24-,27-,28+,32-/m1/s1. The van der Waals surface area contributed by atoms with E-state index in [4.69, 9.17) is 21.1 Å². The minimum atomic E-state index is -1.41. The second kappa shape index (κ2) is 9.89. The lowest BCUT2D eigenvalue weighted by Gasteiger charge is -2.29. The number of ether oxygens (including phenoxy) is 2. The maximum absolute atomic E-state index is 14.2. The van der Waals surface area contributed by atoms with Crippen LogP contribution in [0.5, 0.6) is 11.5 Å². The second-order valence-electron chi connectivity index (χ2n) is 11.0. The van der Waals surface area contributed by atoms with Crippen LogP contribution in [-0.2, 0) is 32.8 Å². The lowest BCUT2D eigenvalue weighted by molar-refractivity contribution is -0.142. The number of H-pyrrole nitrogens is 1. The van der Waals surface area contributed by atoms with Crippen LogP contribution in [0.1, 0.15) is 16.7 Å². The zero-order chi connectivity index (χ0) is 29.2. The van der Waals surface area contributed by atoms with E-state index in [1.807, 2.05) is 42.6 Å². The topological polar surface area (TPSA) is 113 Å². The van der Waals surface area contributed by atoms with Crippen LogP contribution in [0.2, 0.25) is 5.02 Å². The van der Waals surface area contributed by atoms with Crippen LogP contribution in [-0.4, -0.2) is 54.4 Å². The van der Waals surface area contributed by atoms with E-state index in [-0.39, 0.29) is 24.3 Å². The lowest BCUT2D eigenvalue weighted by Crippen LogP contribution is -2.53. The Labute approximate surface area is 247 Å². The Morgan fingerprint density at radius 1 is 0.952 bits per heavy atom. The molecule has 7 rings (SSSR count). The molecule has 42 heavy (non-hydrogen) atoms. The van der Waals surface area contributed by atoms with E-state index in [2.05, 4.69) is 15.6 Å². The van der Waals surface area contributed by atoms with Crippen molar-refractivity contribution in [3.8, 4) is 11.5 Å². The number of aromatic nitrogens is 1. The molecule has 0 bridgehead atoms. The normalized spacial score (nSPS) is 24.4. The first-order chi connectivity index (χ1) is 20.3. The molecular formula is C32H29ClN4O5. The van der Waals surface area contributed by atoms with Crippen molar-refractivity contribution < 1.29 is 23.9 Å². The predicted molar refractivity (Wildman–Crippen MR) is 158 cm³/mol. The van der Waals surface area contributed by atoms with Crippen LogP contribution in [0.25, 0.3) is 10.9 Å². The van der Waals surface area contributed by atoms with Gasteiger partial charge >= 0.3 is 0 Å². The minimum Gasteiger partial charge on any atom is -0.493 e. The van der Waals surface area contributed by atoms with Gasteiger partial charge in [0.25, 0.3) is 0 Å². The number of nitrogens with one attached hydrogen (secondary N) is 3. The molecule has 4 aromatic rings. The molecule has 3 aromatic carbocycles. The molecule has 0 aliphatic carbocycles. The van der Waals surface area contributed by atoms with Crippen molar-refractivity contribution in [1.29, 1.82) is 0 Å². The van der Waals surface area contributed by atoms with Gasteiger partial charge in [0.05, 0.1) is 26.1 Å². The van der Waals surface area contributed by atoms with Crippen molar-refractivity contribution in [2.75, 3.05) is 26.1 Å². The SMILES string of the molecule is COc1ccc(CCN2C(=O)[C@H]3[C@@H](C2=O)[C@@]2(N[C@@H]3Cc3c[nH]c4ccccc34)C(=O)Nc3ccc(Cl)cc32)cc1OC. The first-order valence-electron chi connectivity index (χ1n) is 13.9. The number of imide groups is 1. The van der Waals surface area contributed by atoms with Gasteiger partial charge in [0.15, 0.2) is 11.5 Å². The molecule has 0 saturated carbocycles. The van der Waals surface area contributed by atoms with Crippen LogP contribution in [0.15, 0.2) is 66.9 Å². The number of fused-ring (bicyclic) bond motifs is 5. The monoisotopic (exact) mass is 584 g/mol. The van der Waals surface area contributed by atoms with Crippen molar-refractivity contribution >= 4 is 45.9 Å². The molecule has 9 nitrogen and oxygen atoms in total. The van der Waals surface area contributed by atoms with Gasteiger partial charge in [-0.3, -0.25) is 24.6 Å². The summed E-state index contributed by atoms with van der Waals surface area (Å²) in [5.41, 5.74) is 2.66. The number of nitrogens with zero attached hydrogens (tertiary/aromatic N) is 1. The number of likely N-dealkylation sites (tertiary alicyclic amines) is 1. The van der Waals surface area contributed by atoms with Gasteiger partial charge in [-0.2, -0.15) is 0 Å². The van der Waals surface area contributed by atoms with Crippen molar-refractivity contribution in [3.63, 3.8) is 0 Å². The van der Waals surface area contributed by atoms with Crippen molar-refractivity contribution in [2.24, 2.45) is 11.8 Å². The van der Waals surface area contributed by atoms with Gasteiger partial charge < -0.3 is 19.8 Å². The fraction of sp³-hybridized carbons (Fsp3) is 0.281. The number of carbonyl (C=O) groups excluding carboxylic acids is 3. The fourth-order valence-electron chi connectivity index (χ4n) is 7.04. The highest BCUT2D eigenvalue weighted by molar-refractivity contribution is 6.31. The molecule has 214 valence electrons. The molecule has 2 fully saturated rings. The van der Waals surface area contributed by atoms with Crippen LogP contribution < -0.4 is 20.1 Å². The van der Waals surface area contributed by atoms with Crippen LogP contribution in [0, 0.1) is 11.8 Å². The zero-order valence-electron chi connectivity index (χ0n) is 23.1. The largest absolute Gasteiger partial charge is 0.493 e. The van der Waals surface area contributed by atoms with Crippen LogP contribution >= 0.6 is 11.6 Å². The summed E-state index contributed by atoms with van der Waals surface area (Å²) in [4.78, 5) is 46.8. The van der Waals surface area contributed by atoms with Crippen LogP contribution in [0.3, 0.4) is 0 Å². The number of methoxy groups -OCH3 is 2. The summed E-state index contributed by atoms with van der Waals surface area (Å²) in [6.07, 6.45) is 2.82. The molecule has 0 unspecified atom stereocenters. The van der Waals surface area contributed by atoms with Crippen molar-refractivity contribution in [3.05, 3.63) is 88.6 Å². The number of amides is 3. The van der Waals surface area contributed by atoms with E-state index in [1.54, 1.807) is 38.5 Å². The number of halogens is 1. The Hall–Kier alpha value is -4.34. The Morgan fingerprint density at radius 3 is 2.57 bits per heavy atom. The molecule has 3 aliphatic rings. The Morgan fingerprint density at radius 2 is 1.76 bits per heavy atom. The number of carbonyl (C=O) groups is 3. The Balaban J connectivity index is 1.26. The average molecular weight is 585 g/mol. The number of hydrogen-bond acceptors (Lipinski definition) is 6. The first-order valence-corrected chi connectivity index (χ1v) is 14.2. The molecule has 4 atom stereocenters. The molecule has 1 aromatic heterocycles. The molecule has 4 heterocycles. The summed E-state index contributed by atoms with van der Waals surface area (Å²) in [5, 5.41) is 7.93. The van der Waals surface area contributed by atoms with E-state index in [1.165, 1.54) is 4.90 Å². The number of para-hydroxylation sites is 1. The number of hydrogen-bond donors (Lipinski definition) is 3. The molecule has 10 heteroatoms. The number of rotatable bonds is 7.